The number of benzene rings is 1. The van der Waals surface area contributed by atoms with Crippen molar-refractivity contribution in [3.05, 3.63) is 61.6 Å². The number of esters is 1. The van der Waals surface area contributed by atoms with E-state index in [9.17, 15) is 18.0 Å². The molecule has 9 heteroatoms. The standard InChI is InChI=1S/C21H21NO6S2/c1-13-9-16-15(11-19(23)28-17(16)10-14(13)2)12-27-21(24)20-18(5-8-29-20)30(25,26)22-6-3-4-7-22/h5,8-11H,3-4,6-7,12H2,1-2H3. The van der Waals surface area contributed by atoms with Gasteiger partial charge in [0.1, 0.15) is 22.0 Å². The first-order valence-corrected chi connectivity index (χ1v) is 11.9. The molecular formula is C21H21NO6S2. The molecule has 0 amide bonds. The van der Waals surface area contributed by atoms with Gasteiger partial charge in [0.25, 0.3) is 0 Å². The molecule has 4 rings (SSSR count). The molecule has 0 N–H and O–H groups in total. The van der Waals surface area contributed by atoms with Crippen LogP contribution in [0, 0.1) is 13.8 Å². The monoisotopic (exact) mass is 447 g/mol. The van der Waals surface area contributed by atoms with Crippen molar-refractivity contribution < 1.29 is 22.4 Å². The maximum absolute atomic E-state index is 12.9. The number of carbonyl (C=O) groups excluding carboxylic acids is 1. The summed E-state index contributed by atoms with van der Waals surface area (Å²) in [5, 5.41) is 2.25. The average Bonchev–Trinajstić information content (AvgIpc) is 3.39. The van der Waals surface area contributed by atoms with Crippen molar-refractivity contribution in [2.24, 2.45) is 0 Å². The Labute approximate surface area is 177 Å². The van der Waals surface area contributed by atoms with Gasteiger partial charge in [-0.1, -0.05) is 0 Å². The number of thiophene rings is 1. The van der Waals surface area contributed by atoms with Gasteiger partial charge in [-0.2, -0.15) is 4.31 Å². The molecule has 2 aromatic heterocycles. The highest BCUT2D eigenvalue weighted by Gasteiger charge is 2.32. The molecule has 1 fully saturated rings. The van der Waals surface area contributed by atoms with Crippen molar-refractivity contribution in [2.75, 3.05) is 13.1 Å². The van der Waals surface area contributed by atoms with Gasteiger partial charge in [0.2, 0.25) is 10.0 Å². The molecule has 0 bridgehead atoms. The predicted octanol–water partition coefficient (Wildman–Crippen LogP) is 3.61. The molecule has 1 aliphatic heterocycles. The fourth-order valence-corrected chi connectivity index (χ4v) is 6.33. The summed E-state index contributed by atoms with van der Waals surface area (Å²) >= 11 is 1.03. The lowest BCUT2D eigenvalue weighted by molar-refractivity contribution is 0.0475. The molecule has 3 aromatic rings. The van der Waals surface area contributed by atoms with Gasteiger partial charge in [-0.15, -0.1) is 11.3 Å². The van der Waals surface area contributed by atoms with E-state index < -0.39 is 21.6 Å². The van der Waals surface area contributed by atoms with Gasteiger partial charge >= 0.3 is 11.6 Å². The van der Waals surface area contributed by atoms with Crippen LogP contribution in [-0.2, 0) is 21.4 Å². The Morgan fingerprint density at radius 2 is 1.87 bits per heavy atom. The van der Waals surface area contributed by atoms with Crippen LogP contribution in [0.25, 0.3) is 11.0 Å². The highest BCUT2D eigenvalue weighted by Crippen LogP contribution is 2.29. The van der Waals surface area contributed by atoms with E-state index in [1.807, 2.05) is 19.9 Å². The van der Waals surface area contributed by atoms with Crippen LogP contribution in [0.4, 0.5) is 0 Å². The minimum atomic E-state index is -3.73. The molecule has 7 nitrogen and oxygen atoms in total. The second-order valence-corrected chi connectivity index (χ2v) is 10.1. The molecule has 1 aliphatic rings. The largest absolute Gasteiger partial charge is 0.457 e. The lowest BCUT2D eigenvalue weighted by atomic mass is 10.0. The molecule has 0 atom stereocenters. The van der Waals surface area contributed by atoms with Crippen molar-refractivity contribution in [3.63, 3.8) is 0 Å². The normalized spacial score (nSPS) is 15.0. The van der Waals surface area contributed by atoms with Gasteiger partial charge < -0.3 is 9.15 Å². The zero-order valence-electron chi connectivity index (χ0n) is 16.6. The third-order valence-electron chi connectivity index (χ3n) is 5.30. The van der Waals surface area contributed by atoms with Crippen LogP contribution in [-0.4, -0.2) is 31.8 Å². The SMILES string of the molecule is Cc1cc2oc(=O)cc(COC(=O)c3sccc3S(=O)(=O)N3CCCC3)c2cc1C. The second-order valence-electron chi connectivity index (χ2n) is 7.32. The zero-order valence-corrected chi connectivity index (χ0v) is 18.3. The molecule has 0 saturated carbocycles. The molecule has 158 valence electrons. The van der Waals surface area contributed by atoms with Gasteiger partial charge in [0.05, 0.1) is 0 Å². The average molecular weight is 448 g/mol. The smallest absolute Gasteiger partial charge is 0.350 e. The van der Waals surface area contributed by atoms with Crippen LogP contribution in [0.5, 0.6) is 0 Å². The molecule has 0 radical (unpaired) electrons. The summed E-state index contributed by atoms with van der Waals surface area (Å²) in [6, 6.07) is 6.39. The highest BCUT2D eigenvalue weighted by atomic mass is 32.2. The Morgan fingerprint density at radius 1 is 1.17 bits per heavy atom. The molecule has 0 unspecified atom stereocenters. The van der Waals surface area contributed by atoms with Gasteiger partial charge in [-0.25, -0.2) is 18.0 Å². The van der Waals surface area contributed by atoms with E-state index in [4.69, 9.17) is 9.15 Å². The molecule has 0 aliphatic carbocycles. The van der Waals surface area contributed by atoms with Gasteiger partial charge in [-0.05, 0) is 61.4 Å². The van der Waals surface area contributed by atoms with E-state index >= 15 is 0 Å². The van der Waals surface area contributed by atoms with E-state index in [2.05, 4.69) is 0 Å². The number of carbonyl (C=O) groups is 1. The number of hydrogen-bond donors (Lipinski definition) is 0. The topological polar surface area (TPSA) is 93.9 Å². The second kappa shape index (κ2) is 7.98. The number of hydrogen-bond acceptors (Lipinski definition) is 7. The Morgan fingerprint density at radius 3 is 2.60 bits per heavy atom. The number of fused-ring (bicyclic) bond motifs is 1. The van der Waals surface area contributed by atoms with Crippen molar-refractivity contribution in [1.82, 2.24) is 4.31 Å². The van der Waals surface area contributed by atoms with Crippen molar-refractivity contribution in [2.45, 2.75) is 38.2 Å². The number of ether oxygens (including phenoxy) is 1. The number of sulfonamides is 1. The van der Waals surface area contributed by atoms with E-state index in [-0.39, 0.29) is 16.4 Å². The van der Waals surface area contributed by atoms with E-state index in [0.29, 0.717) is 29.6 Å². The quantitative estimate of drug-likeness (QED) is 0.438. The minimum absolute atomic E-state index is 0.0247. The van der Waals surface area contributed by atoms with Crippen molar-refractivity contribution >= 4 is 38.3 Å². The summed E-state index contributed by atoms with van der Waals surface area (Å²) in [6.07, 6.45) is 1.62. The molecule has 1 aromatic carbocycles. The van der Waals surface area contributed by atoms with E-state index in [1.165, 1.54) is 16.4 Å². The van der Waals surface area contributed by atoms with Crippen LogP contribution in [0.3, 0.4) is 0 Å². The summed E-state index contributed by atoms with van der Waals surface area (Å²) < 4.78 is 37.8. The lowest BCUT2D eigenvalue weighted by Crippen LogP contribution is -2.28. The summed E-state index contributed by atoms with van der Waals surface area (Å²) in [5.74, 6) is -0.729. The maximum atomic E-state index is 12.9. The van der Waals surface area contributed by atoms with Gasteiger partial charge in [-0.3, -0.25) is 0 Å². The zero-order chi connectivity index (χ0) is 21.5. The molecule has 1 saturated heterocycles. The summed E-state index contributed by atoms with van der Waals surface area (Å²) in [4.78, 5) is 24.6. The Hall–Kier alpha value is -2.49. The predicted molar refractivity (Wildman–Crippen MR) is 113 cm³/mol. The maximum Gasteiger partial charge on any atom is 0.350 e. The highest BCUT2D eigenvalue weighted by molar-refractivity contribution is 7.89. The van der Waals surface area contributed by atoms with E-state index in [1.54, 1.807) is 11.4 Å². The van der Waals surface area contributed by atoms with Gasteiger partial charge in [0, 0.05) is 30.1 Å². The number of nitrogens with zero attached hydrogens (tertiary/aromatic N) is 1. The fourth-order valence-electron chi connectivity index (χ4n) is 3.53. The minimum Gasteiger partial charge on any atom is -0.457 e. The van der Waals surface area contributed by atoms with Crippen molar-refractivity contribution in [1.29, 1.82) is 0 Å². The summed E-state index contributed by atoms with van der Waals surface area (Å²) in [6.45, 7) is 4.61. The van der Waals surface area contributed by atoms with Gasteiger partial charge in [0.15, 0.2) is 0 Å². The third-order valence-corrected chi connectivity index (χ3v) is 8.27. The summed E-state index contributed by atoms with van der Waals surface area (Å²) in [5.41, 5.74) is 2.39. The Balaban J connectivity index is 1.61. The molecule has 30 heavy (non-hydrogen) atoms. The molecular weight excluding hydrogens is 426 g/mol. The summed E-state index contributed by atoms with van der Waals surface area (Å²) in [7, 11) is -3.73. The molecule has 0 spiro atoms. The lowest BCUT2D eigenvalue weighted by Gasteiger charge is -2.15. The third kappa shape index (κ3) is 3.80. The Bertz CT molecular complexity index is 1280. The molecule has 3 heterocycles. The first-order valence-electron chi connectivity index (χ1n) is 9.56. The van der Waals surface area contributed by atoms with Crippen LogP contribution in [0.15, 0.2) is 43.8 Å². The number of rotatable bonds is 5. The fraction of sp³-hybridized carbons (Fsp3) is 0.333. The van der Waals surface area contributed by atoms with E-state index in [0.717, 1.165) is 35.3 Å². The Kier molecular flexibility index (Phi) is 5.52. The van der Waals surface area contributed by atoms with Crippen LogP contribution < -0.4 is 5.63 Å². The van der Waals surface area contributed by atoms with Crippen LogP contribution >= 0.6 is 11.3 Å². The first kappa shape index (κ1) is 20.8. The number of aryl methyl sites for hydroxylation is 2. The first-order chi connectivity index (χ1) is 14.3. The van der Waals surface area contributed by atoms with Crippen molar-refractivity contribution in [3.8, 4) is 0 Å². The van der Waals surface area contributed by atoms with Crippen LogP contribution in [0.1, 0.15) is 39.2 Å². The van der Waals surface area contributed by atoms with Crippen LogP contribution in [0.2, 0.25) is 0 Å².